The molecule has 1 aromatic carbocycles. The average molecular weight is 288 g/mol. The van der Waals surface area contributed by atoms with Crippen LogP contribution >= 0.6 is 0 Å². The van der Waals surface area contributed by atoms with Crippen molar-refractivity contribution in [1.29, 1.82) is 0 Å². The fourth-order valence-electron chi connectivity index (χ4n) is 2.56. The number of carboxylic acid groups (broad SMARTS) is 1. The lowest BCUT2D eigenvalue weighted by molar-refractivity contribution is -0.142. The van der Waals surface area contributed by atoms with Gasteiger partial charge in [-0.05, 0) is 24.5 Å². The molecule has 0 saturated carbocycles. The van der Waals surface area contributed by atoms with Gasteiger partial charge < -0.3 is 15.3 Å². The van der Waals surface area contributed by atoms with Gasteiger partial charge in [0.1, 0.15) is 6.04 Å². The molecule has 1 unspecified atom stereocenters. The minimum atomic E-state index is -0.976. The minimum absolute atomic E-state index is 0.0679. The van der Waals surface area contributed by atoms with Crippen LogP contribution in [0.25, 0.3) is 0 Å². The summed E-state index contributed by atoms with van der Waals surface area (Å²) < 4.78 is 0. The molecule has 2 N–H and O–H groups in total. The Balaban J connectivity index is 2.18. The van der Waals surface area contributed by atoms with E-state index in [4.69, 9.17) is 0 Å². The van der Waals surface area contributed by atoms with Crippen LogP contribution in [0.5, 0.6) is 0 Å². The smallest absolute Gasteiger partial charge is 0.326 e. The van der Waals surface area contributed by atoms with Crippen LogP contribution < -0.4 is 5.32 Å². The lowest BCUT2D eigenvalue weighted by Crippen LogP contribution is -2.53. The monoisotopic (exact) mass is 288 g/mol. The number of carbonyl (C=O) groups excluding carboxylic acids is 1. The Bertz CT molecular complexity index is 556. The SMILES string of the molecule is C=CCC(C)NC(=O)N1Cc2ccccc2C[C@H]1C(=O)O. The summed E-state index contributed by atoms with van der Waals surface area (Å²) in [5.41, 5.74) is 2.00. The number of hydrogen-bond donors (Lipinski definition) is 2. The second kappa shape index (κ2) is 6.43. The maximum atomic E-state index is 12.3. The van der Waals surface area contributed by atoms with Gasteiger partial charge in [0.2, 0.25) is 0 Å². The zero-order valence-electron chi connectivity index (χ0n) is 12.1. The number of rotatable bonds is 4. The van der Waals surface area contributed by atoms with Gasteiger partial charge in [-0.3, -0.25) is 0 Å². The molecular weight excluding hydrogens is 268 g/mol. The van der Waals surface area contributed by atoms with E-state index in [1.165, 1.54) is 4.90 Å². The first kappa shape index (κ1) is 15.1. The van der Waals surface area contributed by atoms with Crippen molar-refractivity contribution in [2.45, 2.75) is 38.4 Å². The van der Waals surface area contributed by atoms with Crippen LogP contribution in [0.2, 0.25) is 0 Å². The Morgan fingerprint density at radius 3 is 2.76 bits per heavy atom. The molecule has 2 amide bonds. The molecule has 0 aliphatic carbocycles. The largest absolute Gasteiger partial charge is 0.480 e. The van der Waals surface area contributed by atoms with Crippen LogP contribution in [0, 0.1) is 0 Å². The normalized spacial score (nSPS) is 18.5. The minimum Gasteiger partial charge on any atom is -0.480 e. The van der Waals surface area contributed by atoms with Crippen LogP contribution in [0.3, 0.4) is 0 Å². The number of benzene rings is 1. The van der Waals surface area contributed by atoms with E-state index in [9.17, 15) is 14.7 Å². The molecule has 1 aliphatic rings. The highest BCUT2D eigenvalue weighted by Gasteiger charge is 2.34. The topological polar surface area (TPSA) is 69.6 Å². The van der Waals surface area contributed by atoms with Crippen molar-refractivity contribution < 1.29 is 14.7 Å². The second-order valence-electron chi connectivity index (χ2n) is 5.33. The molecular formula is C16H20N2O3. The number of carboxylic acids is 1. The third kappa shape index (κ3) is 3.42. The molecule has 5 heteroatoms. The molecule has 112 valence electrons. The molecule has 0 aromatic heterocycles. The van der Waals surface area contributed by atoms with Crippen molar-refractivity contribution in [3.63, 3.8) is 0 Å². The van der Waals surface area contributed by atoms with E-state index in [2.05, 4.69) is 11.9 Å². The van der Waals surface area contributed by atoms with E-state index >= 15 is 0 Å². The van der Waals surface area contributed by atoms with Gasteiger partial charge in [0.25, 0.3) is 0 Å². The van der Waals surface area contributed by atoms with E-state index in [0.717, 1.165) is 11.1 Å². The average Bonchev–Trinajstić information content (AvgIpc) is 2.45. The number of hydrogen-bond acceptors (Lipinski definition) is 2. The summed E-state index contributed by atoms with van der Waals surface area (Å²) in [6.45, 7) is 5.82. The zero-order chi connectivity index (χ0) is 15.4. The van der Waals surface area contributed by atoms with Crippen molar-refractivity contribution >= 4 is 12.0 Å². The van der Waals surface area contributed by atoms with Crippen LogP contribution in [0.1, 0.15) is 24.5 Å². The summed E-state index contributed by atoms with van der Waals surface area (Å²) in [6, 6.07) is 6.40. The summed E-state index contributed by atoms with van der Waals surface area (Å²) in [5, 5.41) is 12.2. The van der Waals surface area contributed by atoms with Gasteiger partial charge in [-0.15, -0.1) is 6.58 Å². The first-order valence-electron chi connectivity index (χ1n) is 7.00. The first-order valence-corrected chi connectivity index (χ1v) is 7.00. The Hall–Kier alpha value is -2.30. The number of urea groups is 1. The highest BCUT2D eigenvalue weighted by molar-refractivity contribution is 5.83. The molecule has 0 saturated heterocycles. The predicted molar refractivity (Wildman–Crippen MR) is 79.9 cm³/mol. The van der Waals surface area contributed by atoms with Crippen LogP contribution in [-0.4, -0.2) is 34.1 Å². The summed E-state index contributed by atoms with van der Waals surface area (Å²) in [7, 11) is 0. The lowest BCUT2D eigenvalue weighted by Gasteiger charge is -2.35. The van der Waals surface area contributed by atoms with Gasteiger partial charge in [-0.1, -0.05) is 30.3 Å². The maximum Gasteiger partial charge on any atom is 0.326 e. The van der Waals surface area contributed by atoms with Crippen molar-refractivity contribution in [3.05, 3.63) is 48.0 Å². The Morgan fingerprint density at radius 2 is 2.14 bits per heavy atom. The van der Waals surface area contributed by atoms with Crippen molar-refractivity contribution in [2.75, 3.05) is 0 Å². The zero-order valence-corrected chi connectivity index (χ0v) is 12.1. The number of fused-ring (bicyclic) bond motifs is 1. The van der Waals surface area contributed by atoms with Crippen molar-refractivity contribution in [1.82, 2.24) is 10.2 Å². The standard InChI is InChI=1S/C16H20N2O3/c1-3-6-11(2)17-16(21)18-10-13-8-5-4-7-12(13)9-14(18)15(19)20/h3-5,7-8,11,14H,1,6,9-10H2,2H3,(H,17,21)(H,19,20)/t11?,14-/m0/s1. The van der Waals surface area contributed by atoms with E-state index in [1.54, 1.807) is 6.08 Å². The number of nitrogens with zero attached hydrogens (tertiary/aromatic N) is 1. The number of aliphatic carboxylic acids is 1. The molecule has 2 rings (SSSR count). The number of carbonyl (C=O) groups is 2. The molecule has 21 heavy (non-hydrogen) atoms. The summed E-state index contributed by atoms with van der Waals surface area (Å²) in [6.07, 6.45) is 2.72. The summed E-state index contributed by atoms with van der Waals surface area (Å²) in [5.74, 6) is -0.976. The van der Waals surface area contributed by atoms with Gasteiger partial charge in [-0.25, -0.2) is 9.59 Å². The predicted octanol–water partition coefficient (Wildman–Crippen LogP) is 2.17. The lowest BCUT2D eigenvalue weighted by atomic mass is 9.94. The summed E-state index contributed by atoms with van der Waals surface area (Å²) in [4.78, 5) is 25.2. The number of nitrogens with one attached hydrogen (secondary N) is 1. The molecule has 1 heterocycles. The van der Waals surface area contributed by atoms with Gasteiger partial charge in [0.15, 0.2) is 0 Å². The van der Waals surface area contributed by atoms with Crippen LogP contribution in [-0.2, 0) is 17.8 Å². The van der Waals surface area contributed by atoms with Gasteiger partial charge in [0, 0.05) is 19.0 Å². The fourth-order valence-corrected chi connectivity index (χ4v) is 2.56. The Labute approximate surface area is 124 Å². The van der Waals surface area contributed by atoms with Gasteiger partial charge >= 0.3 is 12.0 Å². The van der Waals surface area contributed by atoms with E-state index in [1.807, 2.05) is 31.2 Å². The molecule has 0 spiro atoms. The van der Waals surface area contributed by atoms with Gasteiger partial charge in [-0.2, -0.15) is 0 Å². The Morgan fingerprint density at radius 1 is 1.48 bits per heavy atom. The maximum absolute atomic E-state index is 12.3. The van der Waals surface area contributed by atoms with Crippen molar-refractivity contribution in [3.8, 4) is 0 Å². The molecule has 1 aromatic rings. The van der Waals surface area contributed by atoms with Gasteiger partial charge in [0.05, 0.1) is 0 Å². The van der Waals surface area contributed by atoms with Crippen LogP contribution in [0.15, 0.2) is 36.9 Å². The molecule has 1 aliphatic heterocycles. The second-order valence-corrected chi connectivity index (χ2v) is 5.33. The van der Waals surface area contributed by atoms with Crippen molar-refractivity contribution in [2.24, 2.45) is 0 Å². The third-order valence-electron chi connectivity index (χ3n) is 3.68. The molecule has 0 bridgehead atoms. The molecule has 5 nitrogen and oxygen atoms in total. The molecule has 2 atom stereocenters. The molecule has 0 radical (unpaired) electrons. The fraction of sp³-hybridized carbons (Fsp3) is 0.375. The van der Waals surface area contributed by atoms with E-state index < -0.39 is 12.0 Å². The first-order chi connectivity index (χ1) is 10.0. The highest BCUT2D eigenvalue weighted by Crippen LogP contribution is 2.23. The Kier molecular flexibility index (Phi) is 4.62. The summed E-state index contributed by atoms with van der Waals surface area (Å²) >= 11 is 0. The van der Waals surface area contributed by atoms with E-state index in [-0.39, 0.29) is 12.1 Å². The van der Waals surface area contributed by atoms with E-state index in [0.29, 0.717) is 19.4 Å². The third-order valence-corrected chi connectivity index (χ3v) is 3.68. The molecule has 0 fully saturated rings. The highest BCUT2D eigenvalue weighted by atomic mass is 16.4. The van der Waals surface area contributed by atoms with Crippen LogP contribution in [0.4, 0.5) is 4.79 Å². The quantitative estimate of drug-likeness (QED) is 0.834. The number of amides is 2.